The van der Waals surface area contributed by atoms with Crippen LogP contribution in [0.15, 0.2) is 24.3 Å². The van der Waals surface area contributed by atoms with E-state index in [1.165, 1.54) is 5.56 Å². The number of aryl methyl sites for hydroxylation is 1. The topological polar surface area (TPSA) is 24.5 Å². The lowest BCUT2D eigenvalue weighted by molar-refractivity contribution is 0.0864. The van der Waals surface area contributed by atoms with Gasteiger partial charge < -0.3 is 10.1 Å². The van der Waals surface area contributed by atoms with Crippen LogP contribution in [0.3, 0.4) is 0 Å². The van der Waals surface area contributed by atoms with E-state index in [1.54, 1.807) is 0 Å². The number of hydrogen-bond acceptors (Lipinski definition) is 3. The molecule has 1 fully saturated rings. The van der Waals surface area contributed by atoms with Gasteiger partial charge in [-0.05, 0) is 37.5 Å². The maximum Gasteiger partial charge on any atom is 0.119 e. The molecule has 0 aromatic heterocycles. The van der Waals surface area contributed by atoms with Gasteiger partial charge in [-0.3, -0.25) is 4.90 Å². The molecule has 0 radical (unpaired) electrons. The van der Waals surface area contributed by atoms with E-state index in [0.717, 1.165) is 32.0 Å². The Balaban J connectivity index is 1.84. The van der Waals surface area contributed by atoms with Gasteiger partial charge in [-0.2, -0.15) is 0 Å². The van der Waals surface area contributed by atoms with E-state index in [9.17, 15) is 0 Å². The number of nitrogens with zero attached hydrogens (tertiary/aromatic N) is 1. The van der Waals surface area contributed by atoms with Crippen LogP contribution in [0.4, 0.5) is 0 Å². The second-order valence-electron chi connectivity index (χ2n) is 6.28. The summed E-state index contributed by atoms with van der Waals surface area (Å²) in [6, 6.07) is 9.47. The third-order valence-corrected chi connectivity index (χ3v) is 4.06. The fraction of sp³-hybridized carbons (Fsp3) is 0.647. The minimum absolute atomic E-state index is 0.573. The molecule has 0 bridgehead atoms. The number of piperazine rings is 1. The molecule has 1 aliphatic heterocycles. The maximum atomic E-state index is 5.89. The Morgan fingerprint density at radius 3 is 2.90 bits per heavy atom. The number of rotatable bonds is 5. The summed E-state index contributed by atoms with van der Waals surface area (Å²) in [4.78, 5) is 2.57. The average molecular weight is 276 g/mol. The molecule has 2 atom stereocenters. The van der Waals surface area contributed by atoms with Crippen LogP contribution < -0.4 is 10.1 Å². The Hall–Kier alpha value is -1.06. The molecule has 1 aromatic rings. The van der Waals surface area contributed by atoms with E-state index in [4.69, 9.17) is 4.74 Å². The summed E-state index contributed by atoms with van der Waals surface area (Å²) in [6.07, 6.45) is 0. The fourth-order valence-corrected chi connectivity index (χ4v) is 2.90. The molecule has 3 heteroatoms. The molecule has 0 saturated carbocycles. The first-order chi connectivity index (χ1) is 9.56. The highest BCUT2D eigenvalue weighted by atomic mass is 16.5. The van der Waals surface area contributed by atoms with Crippen LogP contribution >= 0.6 is 0 Å². The van der Waals surface area contributed by atoms with Crippen molar-refractivity contribution in [2.45, 2.75) is 39.8 Å². The van der Waals surface area contributed by atoms with Gasteiger partial charge >= 0.3 is 0 Å². The van der Waals surface area contributed by atoms with Gasteiger partial charge in [0.25, 0.3) is 0 Å². The van der Waals surface area contributed by atoms with Gasteiger partial charge in [-0.25, -0.2) is 0 Å². The molecule has 1 saturated heterocycles. The van der Waals surface area contributed by atoms with E-state index < -0.39 is 0 Å². The van der Waals surface area contributed by atoms with Crippen LogP contribution in [0, 0.1) is 12.8 Å². The Morgan fingerprint density at radius 2 is 2.20 bits per heavy atom. The first-order valence-electron chi connectivity index (χ1n) is 7.73. The molecule has 2 unspecified atom stereocenters. The lowest BCUT2D eigenvalue weighted by Crippen LogP contribution is -2.58. The molecule has 112 valence electrons. The second kappa shape index (κ2) is 7.09. The maximum absolute atomic E-state index is 5.89. The normalized spacial score (nSPS) is 24.1. The zero-order valence-corrected chi connectivity index (χ0v) is 13.2. The molecule has 3 nitrogen and oxygen atoms in total. The smallest absolute Gasteiger partial charge is 0.119 e. The van der Waals surface area contributed by atoms with E-state index in [0.29, 0.717) is 18.0 Å². The Labute approximate surface area is 123 Å². The highest BCUT2D eigenvalue weighted by Gasteiger charge is 2.27. The van der Waals surface area contributed by atoms with E-state index in [1.807, 2.05) is 6.07 Å². The molecule has 1 N–H and O–H groups in total. The van der Waals surface area contributed by atoms with Gasteiger partial charge in [-0.15, -0.1) is 0 Å². The summed E-state index contributed by atoms with van der Waals surface area (Å²) in [5.41, 5.74) is 1.25. The first-order valence-corrected chi connectivity index (χ1v) is 7.73. The Kier molecular flexibility index (Phi) is 5.44. The van der Waals surface area contributed by atoms with Gasteiger partial charge in [-0.1, -0.05) is 26.0 Å². The molecular weight excluding hydrogens is 248 g/mol. The van der Waals surface area contributed by atoms with Crippen molar-refractivity contribution in [1.82, 2.24) is 10.2 Å². The van der Waals surface area contributed by atoms with Crippen LogP contribution in [0.2, 0.25) is 0 Å². The van der Waals surface area contributed by atoms with Crippen LogP contribution in [0.5, 0.6) is 5.75 Å². The van der Waals surface area contributed by atoms with Crippen molar-refractivity contribution in [3.05, 3.63) is 29.8 Å². The van der Waals surface area contributed by atoms with Crippen molar-refractivity contribution in [1.29, 1.82) is 0 Å². The highest BCUT2D eigenvalue weighted by Crippen LogP contribution is 2.16. The van der Waals surface area contributed by atoms with E-state index >= 15 is 0 Å². The largest absolute Gasteiger partial charge is 0.492 e. The van der Waals surface area contributed by atoms with Gasteiger partial charge in [0.15, 0.2) is 0 Å². The highest BCUT2D eigenvalue weighted by molar-refractivity contribution is 5.27. The van der Waals surface area contributed by atoms with Gasteiger partial charge in [0, 0.05) is 31.7 Å². The molecule has 0 spiro atoms. The summed E-state index contributed by atoms with van der Waals surface area (Å²) in [5, 5.41) is 3.58. The lowest BCUT2D eigenvalue weighted by atomic mass is 9.99. The number of ether oxygens (including phenoxy) is 1. The lowest BCUT2D eigenvalue weighted by Gasteiger charge is -2.41. The zero-order chi connectivity index (χ0) is 14.5. The van der Waals surface area contributed by atoms with Crippen molar-refractivity contribution in [2.75, 3.05) is 26.2 Å². The summed E-state index contributed by atoms with van der Waals surface area (Å²) < 4.78 is 5.89. The monoisotopic (exact) mass is 276 g/mol. The van der Waals surface area contributed by atoms with Crippen molar-refractivity contribution in [3.63, 3.8) is 0 Å². The predicted molar refractivity (Wildman–Crippen MR) is 84.3 cm³/mol. The minimum atomic E-state index is 0.573. The van der Waals surface area contributed by atoms with Crippen LogP contribution in [-0.2, 0) is 0 Å². The molecule has 20 heavy (non-hydrogen) atoms. The average Bonchev–Trinajstić information content (AvgIpc) is 2.38. The zero-order valence-electron chi connectivity index (χ0n) is 13.2. The van der Waals surface area contributed by atoms with Crippen molar-refractivity contribution < 1.29 is 4.74 Å². The van der Waals surface area contributed by atoms with Crippen LogP contribution in [0.25, 0.3) is 0 Å². The minimum Gasteiger partial charge on any atom is -0.492 e. The Bertz CT molecular complexity index is 419. The molecular formula is C17H28N2O. The fourth-order valence-electron chi connectivity index (χ4n) is 2.90. The van der Waals surface area contributed by atoms with Gasteiger partial charge in [0.1, 0.15) is 12.4 Å². The third-order valence-electron chi connectivity index (χ3n) is 4.06. The first kappa shape index (κ1) is 15.3. The molecule has 1 heterocycles. The number of hydrogen-bond donors (Lipinski definition) is 1. The predicted octanol–water partition coefficient (Wildman–Crippen LogP) is 2.69. The molecule has 1 aromatic carbocycles. The van der Waals surface area contributed by atoms with Gasteiger partial charge in [0.2, 0.25) is 0 Å². The summed E-state index contributed by atoms with van der Waals surface area (Å²) >= 11 is 0. The van der Waals surface area contributed by atoms with Crippen LogP contribution in [-0.4, -0.2) is 43.2 Å². The van der Waals surface area contributed by atoms with Crippen molar-refractivity contribution in [2.24, 2.45) is 5.92 Å². The number of nitrogens with one attached hydrogen (secondary N) is 1. The van der Waals surface area contributed by atoms with E-state index in [-0.39, 0.29) is 0 Å². The number of benzene rings is 1. The molecule has 2 rings (SSSR count). The SMILES string of the molecule is Cc1cccc(OCCN2CC(C)NCC2C(C)C)c1. The molecule has 0 aliphatic carbocycles. The molecule has 1 aliphatic rings. The van der Waals surface area contributed by atoms with Gasteiger partial charge in [0.05, 0.1) is 0 Å². The second-order valence-corrected chi connectivity index (χ2v) is 6.28. The quantitative estimate of drug-likeness (QED) is 0.895. The standard InChI is InChI=1S/C17H28N2O/c1-13(2)17-11-18-15(4)12-19(17)8-9-20-16-7-5-6-14(3)10-16/h5-7,10,13,15,17-18H,8-9,11-12H2,1-4H3. The summed E-state index contributed by atoms with van der Waals surface area (Å²) in [5.74, 6) is 1.66. The molecule has 0 amide bonds. The summed E-state index contributed by atoms with van der Waals surface area (Å²) in [6.45, 7) is 12.9. The van der Waals surface area contributed by atoms with Crippen molar-refractivity contribution >= 4 is 0 Å². The van der Waals surface area contributed by atoms with Crippen LogP contribution in [0.1, 0.15) is 26.3 Å². The third kappa shape index (κ3) is 4.22. The summed E-state index contributed by atoms with van der Waals surface area (Å²) in [7, 11) is 0. The Morgan fingerprint density at radius 1 is 1.40 bits per heavy atom. The van der Waals surface area contributed by atoms with E-state index in [2.05, 4.69) is 56.1 Å². The van der Waals surface area contributed by atoms with Crippen molar-refractivity contribution in [3.8, 4) is 5.75 Å².